The molecule has 2 heterocycles. The lowest BCUT2D eigenvalue weighted by Gasteiger charge is -2.34. The Labute approximate surface area is 212 Å². The molecule has 0 saturated carbocycles. The number of hydrogen-bond acceptors (Lipinski definition) is 4. The highest BCUT2D eigenvalue weighted by atomic mass is 32.2. The Kier molecular flexibility index (Phi) is 6.39. The van der Waals surface area contributed by atoms with Crippen molar-refractivity contribution in [2.24, 2.45) is 0 Å². The second kappa shape index (κ2) is 9.34. The minimum absolute atomic E-state index is 0.491. The summed E-state index contributed by atoms with van der Waals surface area (Å²) in [5.74, 6) is 1.39. The number of ether oxygens (including phenoxy) is 1. The summed E-state index contributed by atoms with van der Waals surface area (Å²) in [7, 11) is -1.10. The molecule has 184 valence electrons. The zero-order valence-corrected chi connectivity index (χ0v) is 22.1. The molecule has 2 atom stereocenters. The van der Waals surface area contributed by atoms with Crippen LogP contribution in [-0.4, -0.2) is 40.9 Å². The first-order valence-electron chi connectivity index (χ1n) is 12.9. The standard InChI is InChI=1S/C30H36N2O2S/c1-5-31(6-2)25-16-12-23(13-17-25)29(24-14-18-26(19-15-24)32(7-3)8-4)22-35(33)30-20-10-9-11-28(30)34-21-27(29)30/h9-19,21H,5-8,20,22H2,1-4H3. The predicted octanol–water partition coefficient (Wildman–Crippen LogP) is 5.92. The van der Waals surface area contributed by atoms with Gasteiger partial charge >= 0.3 is 0 Å². The van der Waals surface area contributed by atoms with Crippen molar-refractivity contribution in [2.45, 2.75) is 44.3 Å². The van der Waals surface area contributed by atoms with E-state index in [9.17, 15) is 4.21 Å². The van der Waals surface area contributed by atoms with Gasteiger partial charge in [-0.3, -0.25) is 4.21 Å². The summed E-state index contributed by atoms with van der Waals surface area (Å²) in [6, 6.07) is 17.8. The van der Waals surface area contributed by atoms with Crippen LogP contribution in [0.5, 0.6) is 0 Å². The third kappa shape index (κ3) is 3.50. The molecule has 5 rings (SSSR count). The van der Waals surface area contributed by atoms with Gasteiger partial charge in [-0.05, 0) is 75.6 Å². The van der Waals surface area contributed by atoms with Gasteiger partial charge in [0.05, 0.1) is 11.7 Å². The molecule has 2 aliphatic heterocycles. The van der Waals surface area contributed by atoms with Gasteiger partial charge in [0.2, 0.25) is 0 Å². The van der Waals surface area contributed by atoms with E-state index < -0.39 is 21.0 Å². The van der Waals surface area contributed by atoms with E-state index in [-0.39, 0.29) is 0 Å². The topological polar surface area (TPSA) is 32.8 Å². The maximum atomic E-state index is 14.0. The minimum Gasteiger partial charge on any atom is -0.467 e. The molecule has 0 bridgehead atoms. The van der Waals surface area contributed by atoms with E-state index >= 15 is 0 Å². The molecule has 5 heteroatoms. The van der Waals surface area contributed by atoms with Gasteiger partial charge in [-0.15, -0.1) is 0 Å². The summed E-state index contributed by atoms with van der Waals surface area (Å²) in [4.78, 5) is 4.71. The average Bonchev–Trinajstić information content (AvgIpc) is 3.41. The number of rotatable bonds is 8. The highest BCUT2D eigenvalue weighted by molar-refractivity contribution is 7.87. The van der Waals surface area contributed by atoms with Gasteiger partial charge < -0.3 is 14.5 Å². The Balaban J connectivity index is 1.66. The minimum atomic E-state index is -1.10. The van der Waals surface area contributed by atoms with Crippen molar-refractivity contribution in [1.29, 1.82) is 0 Å². The zero-order chi connectivity index (χ0) is 24.6. The van der Waals surface area contributed by atoms with E-state index in [0.29, 0.717) is 12.2 Å². The summed E-state index contributed by atoms with van der Waals surface area (Å²) >= 11 is 0. The highest BCUT2D eigenvalue weighted by Crippen LogP contribution is 2.60. The Morgan fingerprint density at radius 1 is 0.829 bits per heavy atom. The van der Waals surface area contributed by atoms with Gasteiger partial charge in [0, 0.05) is 59.7 Å². The Morgan fingerprint density at radius 3 is 1.83 bits per heavy atom. The van der Waals surface area contributed by atoms with Crippen molar-refractivity contribution in [2.75, 3.05) is 41.7 Å². The number of allylic oxidation sites excluding steroid dienone is 3. The molecular formula is C30H36N2O2S. The predicted molar refractivity (Wildman–Crippen MR) is 148 cm³/mol. The van der Waals surface area contributed by atoms with Gasteiger partial charge in [-0.1, -0.05) is 36.4 Å². The second-order valence-electron chi connectivity index (χ2n) is 9.47. The molecule has 35 heavy (non-hydrogen) atoms. The molecule has 0 radical (unpaired) electrons. The number of benzene rings is 2. The SMILES string of the molecule is CCN(CC)c1ccc(C2(c3ccc(N(CC)CC)cc3)CS(=O)C34CC=CC=C3OC=C24)cc1. The molecule has 2 unspecified atom stereocenters. The van der Waals surface area contributed by atoms with E-state index in [1.165, 1.54) is 22.5 Å². The molecule has 1 fully saturated rings. The molecule has 0 amide bonds. The fourth-order valence-corrected chi connectivity index (χ4v) is 8.34. The fraction of sp³-hybridized carbons (Fsp3) is 0.400. The quantitative estimate of drug-likeness (QED) is 0.461. The average molecular weight is 489 g/mol. The van der Waals surface area contributed by atoms with Crippen LogP contribution < -0.4 is 9.80 Å². The monoisotopic (exact) mass is 488 g/mol. The van der Waals surface area contributed by atoms with Crippen LogP contribution >= 0.6 is 0 Å². The maximum Gasteiger partial charge on any atom is 0.132 e. The largest absolute Gasteiger partial charge is 0.467 e. The van der Waals surface area contributed by atoms with Crippen LogP contribution in [0, 0.1) is 0 Å². The van der Waals surface area contributed by atoms with E-state index in [4.69, 9.17) is 4.74 Å². The van der Waals surface area contributed by atoms with Crippen molar-refractivity contribution in [3.8, 4) is 0 Å². The van der Waals surface area contributed by atoms with E-state index in [1.807, 2.05) is 18.4 Å². The van der Waals surface area contributed by atoms with Gasteiger partial charge in [0.25, 0.3) is 0 Å². The number of anilines is 2. The molecule has 2 aromatic carbocycles. The Morgan fingerprint density at radius 2 is 1.34 bits per heavy atom. The fourth-order valence-electron chi connectivity index (χ4n) is 6.13. The lowest BCUT2D eigenvalue weighted by Crippen LogP contribution is -2.36. The first kappa shape index (κ1) is 23.9. The van der Waals surface area contributed by atoms with Crippen LogP contribution in [0.25, 0.3) is 0 Å². The first-order valence-corrected chi connectivity index (χ1v) is 14.2. The molecule has 0 N–H and O–H groups in total. The highest BCUT2D eigenvalue weighted by Gasteiger charge is 2.64. The normalized spacial score (nSPS) is 23.7. The van der Waals surface area contributed by atoms with Gasteiger partial charge in [0.15, 0.2) is 0 Å². The van der Waals surface area contributed by atoms with E-state index in [1.54, 1.807) is 0 Å². The van der Waals surface area contributed by atoms with Gasteiger partial charge in [-0.2, -0.15) is 0 Å². The van der Waals surface area contributed by atoms with E-state index in [0.717, 1.165) is 37.5 Å². The van der Waals surface area contributed by atoms with Gasteiger partial charge in [0.1, 0.15) is 10.5 Å². The van der Waals surface area contributed by atoms with E-state index in [2.05, 4.69) is 92.1 Å². The summed E-state index contributed by atoms with van der Waals surface area (Å²) < 4.78 is 19.6. The van der Waals surface area contributed by atoms with Crippen LogP contribution in [0.3, 0.4) is 0 Å². The molecule has 1 spiro atoms. The molecule has 4 nitrogen and oxygen atoms in total. The summed E-state index contributed by atoms with van der Waals surface area (Å²) in [6.45, 7) is 12.6. The van der Waals surface area contributed by atoms with Crippen LogP contribution in [0.2, 0.25) is 0 Å². The maximum absolute atomic E-state index is 14.0. The van der Waals surface area contributed by atoms with Crippen LogP contribution in [0.15, 0.2) is 84.4 Å². The molecule has 1 aliphatic carbocycles. The van der Waals surface area contributed by atoms with Gasteiger partial charge in [-0.25, -0.2) is 0 Å². The van der Waals surface area contributed by atoms with Crippen molar-refractivity contribution < 1.29 is 8.95 Å². The number of hydrogen-bond donors (Lipinski definition) is 0. The van der Waals surface area contributed by atoms with Crippen LogP contribution in [0.4, 0.5) is 11.4 Å². The Bertz CT molecular complexity index is 1130. The molecular weight excluding hydrogens is 452 g/mol. The van der Waals surface area contributed by atoms with Crippen molar-refractivity contribution in [1.82, 2.24) is 0 Å². The van der Waals surface area contributed by atoms with Crippen molar-refractivity contribution >= 4 is 22.2 Å². The smallest absolute Gasteiger partial charge is 0.132 e. The summed E-state index contributed by atoms with van der Waals surface area (Å²) in [5, 5.41) is 0. The van der Waals surface area contributed by atoms with Crippen LogP contribution in [-0.2, 0) is 21.0 Å². The first-order chi connectivity index (χ1) is 17.0. The van der Waals surface area contributed by atoms with Crippen LogP contribution in [0.1, 0.15) is 45.2 Å². The van der Waals surface area contributed by atoms with Crippen molar-refractivity contribution in [3.05, 3.63) is 95.5 Å². The second-order valence-corrected chi connectivity index (χ2v) is 11.1. The molecule has 1 saturated heterocycles. The third-order valence-corrected chi connectivity index (χ3v) is 10.2. The summed E-state index contributed by atoms with van der Waals surface area (Å²) in [5.41, 5.74) is 5.44. The molecule has 3 aliphatic rings. The Hall–Kier alpha value is -2.79. The lowest BCUT2D eigenvalue weighted by molar-refractivity contribution is 0.348. The zero-order valence-electron chi connectivity index (χ0n) is 21.3. The molecule has 2 aromatic rings. The number of nitrogens with zero attached hydrogens (tertiary/aromatic N) is 2. The van der Waals surface area contributed by atoms with Crippen molar-refractivity contribution in [3.63, 3.8) is 0 Å². The third-order valence-electron chi connectivity index (χ3n) is 8.10. The molecule has 0 aromatic heterocycles. The summed E-state index contributed by atoms with van der Waals surface area (Å²) in [6.07, 6.45) is 8.77. The lowest BCUT2D eigenvalue weighted by atomic mass is 9.66.